The van der Waals surface area contributed by atoms with Crippen molar-refractivity contribution in [3.05, 3.63) is 34.6 Å². The molecule has 0 saturated heterocycles. The predicted molar refractivity (Wildman–Crippen MR) is 80.8 cm³/mol. The van der Waals surface area contributed by atoms with Crippen LogP contribution in [0.1, 0.15) is 13.8 Å². The minimum atomic E-state index is -0.0641. The number of halogens is 2. The summed E-state index contributed by atoms with van der Waals surface area (Å²) in [5.74, 6) is 0.795. The largest absolute Gasteiger partial charge is 0.461 e. The number of furan rings is 1. The summed E-state index contributed by atoms with van der Waals surface area (Å²) in [7, 11) is 0. The van der Waals surface area contributed by atoms with Gasteiger partial charge in [0.25, 0.3) is 0 Å². The number of aromatic nitrogens is 3. The standard InChI is InChI=1S/C14H11Cl2N3O2/c1-7(2)20-14-18-12(17-13(16)19-14)11-6-8-5-9(15)3-4-10(8)21-11/h3-7H,1-2H3. The van der Waals surface area contributed by atoms with Gasteiger partial charge < -0.3 is 9.15 Å². The van der Waals surface area contributed by atoms with Gasteiger partial charge in [-0.3, -0.25) is 0 Å². The van der Waals surface area contributed by atoms with Gasteiger partial charge >= 0.3 is 6.01 Å². The van der Waals surface area contributed by atoms with Crippen molar-refractivity contribution in [2.24, 2.45) is 0 Å². The van der Waals surface area contributed by atoms with E-state index in [0.29, 0.717) is 22.2 Å². The van der Waals surface area contributed by atoms with E-state index in [9.17, 15) is 0 Å². The number of ether oxygens (including phenoxy) is 1. The summed E-state index contributed by atoms with van der Waals surface area (Å²) in [4.78, 5) is 12.2. The van der Waals surface area contributed by atoms with E-state index in [1.807, 2.05) is 13.8 Å². The molecule has 0 atom stereocenters. The molecular weight excluding hydrogens is 313 g/mol. The van der Waals surface area contributed by atoms with Gasteiger partial charge in [-0.25, -0.2) is 0 Å². The molecule has 0 radical (unpaired) electrons. The van der Waals surface area contributed by atoms with Gasteiger partial charge in [-0.2, -0.15) is 15.0 Å². The van der Waals surface area contributed by atoms with Crippen LogP contribution in [0.5, 0.6) is 6.01 Å². The Bertz CT molecular complexity index is 802. The average Bonchev–Trinajstić information content (AvgIpc) is 2.80. The zero-order valence-corrected chi connectivity index (χ0v) is 12.8. The molecule has 7 heteroatoms. The molecule has 1 aromatic carbocycles. The molecule has 0 aliphatic heterocycles. The third-order valence-electron chi connectivity index (χ3n) is 2.63. The third-order valence-corrected chi connectivity index (χ3v) is 3.03. The zero-order valence-electron chi connectivity index (χ0n) is 11.3. The highest BCUT2D eigenvalue weighted by molar-refractivity contribution is 6.31. The van der Waals surface area contributed by atoms with Crippen molar-refractivity contribution in [2.75, 3.05) is 0 Å². The van der Waals surface area contributed by atoms with Crippen LogP contribution in [0.15, 0.2) is 28.7 Å². The Morgan fingerprint density at radius 2 is 1.90 bits per heavy atom. The van der Waals surface area contributed by atoms with Gasteiger partial charge in [-0.05, 0) is 49.7 Å². The van der Waals surface area contributed by atoms with E-state index < -0.39 is 0 Å². The second-order valence-electron chi connectivity index (χ2n) is 4.67. The van der Waals surface area contributed by atoms with E-state index in [1.165, 1.54) is 0 Å². The molecule has 0 aliphatic carbocycles. The Hall–Kier alpha value is -1.85. The molecule has 0 N–H and O–H groups in total. The lowest BCUT2D eigenvalue weighted by Gasteiger charge is -2.07. The topological polar surface area (TPSA) is 61.0 Å². The summed E-state index contributed by atoms with van der Waals surface area (Å²) in [6.07, 6.45) is -0.0641. The van der Waals surface area contributed by atoms with E-state index in [-0.39, 0.29) is 17.4 Å². The van der Waals surface area contributed by atoms with Crippen LogP contribution >= 0.6 is 23.2 Å². The van der Waals surface area contributed by atoms with Crippen molar-refractivity contribution in [1.82, 2.24) is 15.0 Å². The summed E-state index contributed by atoms with van der Waals surface area (Å²) < 4.78 is 11.1. The Morgan fingerprint density at radius 1 is 1.10 bits per heavy atom. The summed E-state index contributed by atoms with van der Waals surface area (Å²) in [5, 5.41) is 1.54. The van der Waals surface area contributed by atoms with Gasteiger partial charge in [0, 0.05) is 10.4 Å². The number of nitrogens with zero attached hydrogens (tertiary/aromatic N) is 3. The molecule has 0 unspecified atom stereocenters. The quantitative estimate of drug-likeness (QED) is 0.715. The van der Waals surface area contributed by atoms with Crippen LogP contribution < -0.4 is 4.74 Å². The first-order valence-corrected chi connectivity index (χ1v) is 7.04. The molecule has 3 rings (SSSR count). The average molecular weight is 324 g/mol. The van der Waals surface area contributed by atoms with Crippen molar-refractivity contribution in [3.8, 4) is 17.6 Å². The maximum absolute atomic E-state index is 5.96. The summed E-state index contributed by atoms with van der Waals surface area (Å²) in [5.41, 5.74) is 0.692. The molecule has 0 saturated carbocycles. The van der Waals surface area contributed by atoms with Gasteiger partial charge in [0.1, 0.15) is 5.58 Å². The minimum absolute atomic E-state index is 0.0501. The van der Waals surface area contributed by atoms with Gasteiger partial charge in [-0.1, -0.05) is 11.6 Å². The fourth-order valence-electron chi connectivity index (χ4n) is 1.83. The minimum Gasteiger partial charge on any atom is -0.461 e. The van der Waals surface area contributed by atoms with Crippen molar-refractivity contribution in [3.63, 3.8) is 0 Å². The van der Waals surface area contributed by atoms with Crippen LogP contribution in [0.25, 0.3) is 22.6 Å². The summed E-state index contributed by atoms with van der Waals surface area (Å²) in [6, 6.07) is 7.31. The number of hydrogen-bond donors (Lipinski definition) is 0. The SMILES string of the molecule is CC(C)Oc1nc(Cl)nc(-c2cc3cc(Cl)ccc3o2)n1. The Balaban J connectivity index is 2.06. The Morgan fingerprint density at radius 3 is 2.67 bits per heavy atom. The molecule has 0 aliphatic rings. The molecule has 2 heterocycles. The van der Waals surface area contributed by atoms with E-state index in [4.69, 9.17) is 32.4 Å². The van der Waals surface area contributed by atoms with E-state index in [0.717, 1.165) is 5.39 Å². The second kappa shape index (κ2) is 5.50. The molecule has 0 spiro atoms. The third kappa shape index (κ3) is 3.09. The van der Waals surface area contributed by atoms with Crippen LogP contribution in [0.3, 0.4) is 0 Å². The van der Waals surface area contributed by atoms with Crippen LogP contribution in [-0.2, 0) is 0 Å². The second-order valence-corrected chi connectivity index (χ2v) is 5.44. The first-order valence-electron chi connectivity index (χ1n) is 6.29. The van der Waals surface area contributed by atoms with Crippen molar-refractivity contribution in [1.29, 1.82) is 0 Å². The first kappa shape index (κ1) is 14.1. The van der Waals surface area contributed by atoms with Crippen molar-refractivity contribution < 1.29 is 9.15 Å². The van der Waals surface area contributed by atoms with E-state index in [2.05, 4.69) is 15.0 Å². The van der Waals surface area contributed by atoms with E-state index >= 15 is 0 Å². The fraction of sp³-hybridized carbons (Fsp3) is 0.214. The van der Waals surface area contributed by atoms with Crippen molar-refractivity contribution in [2.45, 2.75) is 20.0 Å². The Labute approximate surface area is 130 Å². The highest BCUT2D eigenvalue weighted by Crippen LogP contribution is 2.28. The molecule has 21 heavy (non-hydrogen) atoms. The predicted octanol–water partition coefficient (Wildman–Crippen LogP) is 4.38. The molecular formula is C14H11Cl2N3O2. The van der Waals surface area contributed by atoms with Gasteiger partial charge in [0.2, 0.25) is 11.1 Å². The Kier molecular flexibility index (Phi) is 3.69. The molecule has 0 bridgehead atoms. The highest BCUT2D eigenvalue weighted by Gasteiger charge is 2.14. The molecule has 2 aromatic heterocycles. The van der Waals surface area contributed by atoms with Crippen LogP contribution in [0, 0.1) is 0 Å². The first-order chi connectivity index (χ1) is 10.0. The molecule has 3 aromatic rings. The maximum Gasteiger partial charge on any atom is 0.321 e. The number of hydrogen-bond acceptors (Lipinski definition) is 5. The molecule has 5 nitrogen and oxygen atoms in total. The fourth-order valence-corrected chi connectivity index (χ4v) is 2.16. The smallest absolute Gasteiger partial charge is 0.321 e. The lowest BCUT2D eigenvalue weighted by Crippen LogP contribution is -2.09. The van der Waals surface area contributed by atoms with Crippen LogP contribution in [-0.4, -0.2) is 21.1 Å². The van der Waals surface area contributed by atoms with Crippen molar-refractivity contribution >= 4 is 34.2 Å². The monoisotopic (exact) mass is 323 g/mol. The van der Waals surface area contributed by atoms with Crippen LogP contribution in [0.2, 0.25) is 10.3 Å². The van der Waals surface area contributed by atoms with Gasteiger partial charge in [0.15, 0.2) is 5.76 Å². The molecule has 0 fully saturated rings. The zero-order chi connectivity index (χ0) is 15.0. The van der Waals surface area contributed by atoms with Gasteiger partial charge in [0.05, 0.1) is 6.10 Å². The van der Waals surface area contributed by atoms with E-state index in [1.54, 1.807) is 24.3 Å². The number of fused-ring (bicyclic) bond motifs is 1. The summed E-state index contributed by atoms with van der Waals surface area (Å²) >= 11 is 11.9. The highest BCUT2D eigenvalue weighted by atomic mass is 35.5. The van der Waals surface area contributed by atoms with Crippen LogP contribution in [0.4, 0.5) is 0 Å². The molecule has 108 valence electrons. The summed E-state index contributed by atoms with van der Waals surface area (Å²) in [6.45, 7) is 3.75. The molecule has 0 amide bonds. The van der Waals surface area contributed by atoms with Gasteiger partial charge in [-0.15, -0.1) is 0 Å². The number of rotatable bonds is 3. The lowest BCUT2D eigenvalue weighted by atomic mass is 10.2. The number of benzene rings is 1. The maximum atomic E-state index is 5.96. The lowest BCUT2D eigenvalue weighted by molar-refractivity contribution is 0.221. The normalized spacial score (nSPS) is 11.3.